The van der Waals surface area contributed by atoms with Crippen LogP contribution in [0.3, 0.4) is 0 Å². The van der Waals surface area contributed by atoms with Crippen molar-refractivity contribution in [2.45, 2.75) is 123 Å². The van der Waals surface area contributed by atoms with E-state index < -0.39 is 7.26 Å². The second kappa shape index (κ2) is 7.20. The van der Waals surface area contributed by atoms with Crippen LogP contribution in [0.25, 0.3) is 0 Å². The lowest BCUT2D eigenvalue weighted by molar-refractivity contribution is 0.569. The molecule has 0 heterocycles. The molecule has 2 rings (SSSR count). The van der Waals surface area contributed by atoms with Crippen LogP contribution in [0.15, 0.2) is 18.2 Å². The lowest BCUT2D eigenvalue weighted by atomic mass is 9.81. The summed E-state index contributed by atoms with van der Waals surface area (Å²) in [7, 11) is -1.37. The Morgan fingerprint density at radius 1 is 0.630 bits per heavy atom. The monoisotopic (exact) mass is 386 g/mol. The molecule has 27 heavy (non-hydrogen) atoms. The Morgan fingerprint density at radius 2 is 0.963 bits per heavy atom. The second-order valence-electron chi connectivity index (χ2n) is 12.6. The van der Waals surface area contributed by atoms with Crippen molar-refractivity contribution < 1.29 is 0 Å². The second-order valence-corrected chi connectivity index (χ2v) is 17.9. The van der Waals surface area contributed by atoms with E-state index in [-0.39, 0.29) is 19.2 Å². The summed E-state index contributed by atoms with van der Waals surface area (Å²) >= 11 is 0. The Hall–Kier alpha value is -0.285. The van der Waals surface area contributed by atoms with E-state index in [1.807, 2.05) is 0 Å². The summed E-state index contributed by atoms with van der Waals surface area (Å²) in [5.74, 6) is 0. The van der Waals surface area contributed by atoms with E-state index in [0.717, 1.165) is 5.66 Å². The fourth-order valence-electron chi connectivity index (χ4n) is 5.23. The van der Waals surface area contributed by atoms with Gasteiger partial charge in [-0.05, 0) is 88.5 Å². The molecule has 0 nitrogen and oxygen atoms in total. The third-order valence-corrected chi connectivity index (χ3v) is 13.2. The smallest absolute Gasteiger partial charge is 0.0561 e. The molecule has 1 aliphatic rings. The van der Waals surface area contributed by atoms with E-state index in [9.17, 15) is 0 Å². The first kappa shape index (κ1) is 24.8. The molecule has 0 N–H and O–H groups in total. The molecule has 1 aliphatic carbocycles. The van der Waals surface area contributed by atoms with Crippen molar-refractivity contribution in [3.8, 4) is 0 Å². The van der Waals surface area contributed by atoms with E-state index in [4.69, 9.17) is 0 Å². The minimum atomic E-state index is -1.37. The summed E-state index contributed by atoms with van der Waals surface area (Å²) in [6.45, 7) is 29.3. The SMILES string of the molecule is CC(C)(C)c1cc(C(C)(C)C)cc([P+](C2CC2)(C(C)(C)C)C(C)(C)C)c1.[B]. The van der Waals surface area contributed by atoms with Crippen LogP contribution >= 0.6 is 7.26 Å². The lowest BCUT2D eigenvalue weighted by Crippen LogP contribution is -2.43. The average molecular weight is 386 g/mol. The molecule has 1 fully saturated rings. The highest BCUT2D eigenvalue weighted by Gasteiger charge is 2.67. The first-order valence-corrected chi connectivity index (χ1v) is 12.3. The van der Waals surface area contributed by atoms with Gasteiger partial charge >= 0.3 is 0 Å². The molecular formula is C25H44BP+. The van der Waals surface area contributed by atoms with Gasteiger partial charge in [0.2, 0.25) is 0 Å². The molecule has 0 spiro atoms. The highest BCUT2D eigenvalue weighted by Crippen LogP contribution is 2.83. The molecule has 151 valence electrons. The number of rotatable bonds is 2. The summed E-state index contributed by atoms with van der Waals surface area (Å²) in [4.78, 5) is 0. The summed E-state index contributed by atoms with van der Waals surface area (Å²) in [5, 5.41) is 2.35. The summed E-state index contributed by atoms with van der Waals surface area (Å²) in [5.41, 5.74) is 4.30. The van der Waals surface area contributed by atoms with Crippen LogP contribution in [-0.4, -0.2) is 24.4 Å². The van der Waals surface area contributed by atoms with Crippen molar-refractivity contribution >= 4 is 21.0 Å². The number of hydrogen-bond donors (Lipinski definition) is 0. The molecular weight excluding hydrogens is 342 g/mol. The molecule has 0 amide bonds. The predicted molar refractivity (Wildman–Crippen MR) is 129 cm³/mol. The molecule has 0 atom stereocenters. The van der Waals surface area contributed by atoms with E-state index >= 15 is 0 Å². The van der Waals surface area contributed by atoms with E-state index in [1.54, 1.807) is 5.30 Å². The average Bonchev–Trinajstić information content (AvgIpc) is 3.18. The predicted octanol–water partition coefficient (Wildman–Crippen LogP) is 7.30. The first-order chi connectivity index (χ1) is 11.4. The van der Waals surface area contributed by atoms with Crippen molar-refractivity contribution in [3.05, 3.63) is 29.3 Å². The van der Waals surface area contributed by atoms with Gasteiger partial charge in [-0.3, -0.25) is 0 Å². The van der Waals surface area contributed by atoms with Crippen molar-refractivity contribution in [2.75, 3.05) is 0 Å². The largest absolute Gasteiger partial charge is 0.0959 e. The minimum Gasteiger partial charge on any atom is -0.0561 e. The van der Waals surface area contributed by atoms with Crippen LogP contribution in [0.2, 0.25) is 0 Å². The van der Waals surface area contributed by atoms with Crippen molar-refractivity contribution in [1.29, 1.82) is 0 Å². The minimum absolute atomic E-state index is 0. The maximum atomic E-state index is 2.61. The van der Waals surface area contributed by atoms with Crippen molar-refractivity contribution in [2.24, 2.45) is 0 Å². The molecule has 0 aliphatic heterocycles. The van der Waals surface area contributed by atoms with Gasteiger partial charge in [-0.25, -0.2) is 0 Å². The van der Waals surface area contributed by atoms with Gasteiger partial charge in [-0.1, -0.05) is 47.6 Å². The lowest BCUT2D eigenvalue weighted by Gasteiger charge is -2.48. The summed E-state index contributed by atoms with van der Waals surface area (Å²) < 4.78 is 0. The van der Waals surface area contributed by atoms with Gasteiger partial charge in [-0.2, -0.15) is 0 Å². The van der Waals surface area contributed by atoms with Gasteiger partial charge in [0.15, 0.2) is 0 Å². The van der Waals surface area contributed by atoms with Gasteiger partial charge in [0.05, 0.1) is 28.5 Å². The van der Waals surface area contributed by atoms with Crippen LogP contribution in [0.5, 0.6) is 0 Å². The Labute approximate surface area is 173 Å². The van der Waals surface area contributed by atoms with Crippen LogP contribution in [0, 0.1) is 0 Å². The number of hydrogen-bond acceptors (Lipinski definition) is 0. The third kappa shape index (κ3) is 4.50. The van der Waals surface area contributed by atoms with E-state index in [2.05, 4.69) is 101 Å². The zero-order valence-corrected chi connectivity index (χ0v) is 21.1. The molecule has 2 heteroatoms. The quantitative estimate of drug-likeness (QED) is 0.369. The van der Waals surface area contributed by atoms with Crippen LogP contribution in [0.1, 0.15) is 107 Å². The van der Waals surface area contributed by atoms with Gasteiger partial charge in [0.25, 0.3) is 0 Å². The normalized spacial score (nSPS) is 16.9. The standard InChI is InChI=1S/C25H44P.B/c1-22(2,3)18-15-19(23(4,5)6)17-21(16-18)26(20-13-14-20,24(7,8)9)25(10,11)12;/h15-17,20H,13-14H2,1-12H3;/q+1;. The molecule has 1 aromatic rings. The van der Waals surface area contributed by atoms with Gasteiger partial charge in [0.1, 0.15) is 0 Å². The fourth-order valence-corrected chi connectivity index (χ4v) is 13.0. The first-order valence-electron chi connectivity index (χ1n) is 10.5. The zero-order chi connectivity index (χ0) is 20.3. The van der Waals surface area contributed by atoms with E-state index in [1.165, 1.54) is 24.0 Å². The third-order valence-electron chi connectivity index (χ3n) is 6.27. The fraction of sp³-hybridized carbons (Fsp3) is 0.760. The van der Waals surface area contributed by atoms with Gasteiger partial charge < -0.3 is 0 Å². The van der Waals surface area contributed by atoms with E-state index in [0.29, 0.717) is 10.3 Å². The topological polar surface area (TPSA) is 0 Å². The van der Waals surface area contributed by atoms with Crippen LogP contribution < -0.4 is 5.30 Å². The summed E-state index contributed by atoms with van der Waals surface area (Å²) in [6.07, 6.45) is 2.85. The Morgan fingerprint density at radius 3 is 1.19 bits per heavy atom. The van der Waals surface area contributed by atoms with Gasteiger partial charge in [-0.15, -0.1) is 0 Å². The van der Waals surface area contributed by atoms with Crippen LogP contribution in [-0.2, 0) is 10.8 Å². The molecule has 0 bridgehead atoms. The molecule has 1 aromatic carbocycles. The molecule has 0 unspecified atom stereocenters. The molecule has 0 aromatic heterocycles. The maximum absolute atomic E-state index is 2.61. The van der Waals surface area contributed by atoms with Crippen molar-refractivity contribution in [3.63, 3.8) is 0 Å². The Bertz CT molecular complexity index is 609. The van der Waals surface area contributed by atoms with Crippen LogP contribution in [0.4, 0.5) is 0 Å². The molecule has 1 saturated carbocycles. The molecule has 0 saturated heterocycles. The number of benzene rings is 1. The maximum Gasteiger partial charge on any atom is 0.0959 e. The van der Waals surface area contributed by atoms with Crippen molar-refractivity contribution in [1.82, 2.24) is 0 Å². The summed E-state index contributed by atoms with van der Waals surface area (Å²) in [6, 6.07) is 7.70. The highest BCUT2D eigenvalue weighted by atomic mass is 31.2. The Balaban J connectivity index is 0.00000364. The zero-order valence-electron chi connectivity index (χ0n) is 20.2. The molecule has 3 radical (unpaired) electrons. The van der Waals surface area contributed by atoms with Gasteiger partial charge in [0, 0.05) is 8.41 Å². The Kier molecular flexibility index (Phi) is 6.60. The highest BCUT2D eigenvalue weighted by molar-refractivity contribution is 7.86.